The Bertz CT molecular complexity index is 1840. The summed E-state index contributed by atoms with van der Waals surface area (Å²) < 4.78 is 12.9. The molecule has 2 atom stereocenters. The third-order valence-corrected chi connectivity index (χ3v) is 10.0. The van der Waals surface area contributed by atoms with Gasteiger partial charge in [-0.3, -0.25) is 0 Å². The van der Waals surface area contributed by atoms with Crippen LogP contribution in [-0.2, 0) is 20.3 Å². The summed E-state index contributed by atoms with van der Waals surface area (Å²) in [7, 11) is 0. The van der Waals surface area contributed by atoms with Crippen LogP contribution in [0.3, 0.4) is 0 Å². The van der Waals surface area contributed by atoms with Gasteiger partial charge in [0.15, 0.2) is 5.88 Å². The topological polar surface area (TPSA) is 42.8 Å². The molecule has 6 aromatic carbocycles. The van der Waals surface area contributed by atoms with Crippen LogP contribution in [0.5, 0.6) is 0 Å². The average molecular weight is 639 g/mol. The third-order valence-electron chi connectivity index (χ3n) is 10.0. The summed E-state index contributed by atoms with van der Waals surface area (Å²) in [6.45, 7) is 0.909. The second-order valence-electron chi connectivity index (χ2n) is 12.6. The molecule has 2 aliphatic rings. The van der Waals surface area contributed by atoms with Crippen LogP contribution in [0.2, 0.25) is 0 Å². The van der Waals surface area contributed by atoms with Gasteiger partial charge in [0.25, 0.3) is 0 Å². The fourth-order valence-electron chi connectivity index (χ4n) is 7.94. The maximum Gasteiger partial charge on any atom is 0.214 e. The number of nitrogens with one attached hydrogen (secondary N) is 1. The Labute approximate surface area is 288 Å². The van der Waals surface area contributed by atoms with E-state index in [2.05, 4.69) is 187 Å². The Kier molecular flexibility index (Phi) is 8.28. The molecular weight excluding hydrogens is 601 g/mol. The molecule has 1 fully saturated rings. The lowest BCUT2D eigenvalue weighted by molar-refractivity contribution is 0.241. The molecule has 0 amide bonds. The van der Waals surface area contributed by atoms with Crippen molar-refractivity contribution in [1.82, 2.24) is 5.32 Å². The van der Waals surface area contributed by atoms with E-state index < -0.39 is 10.8 Å². The van der Waals surface area contributed by atoms with Gasteiger partial charge in [-0.1, -0.05) is 182 Å². The molecule has 49 heavy (non-hydrogen) atoms. The zero-order chi connectivity index (χ0) is 32.9. The van der Waals surface area contributed by atoms with E-state index in [9.17, 15) is 0 Å². The molecule has 6 aromatic rings. The predicted octanol–water partition coefficient (Wildman–Crippen LogP) is 8.68. The molecule has 4 nitrogen and oxygen atoms in total. The molecule has 8 rings (SSSR count). The quantitative estimate of drug-likeness (QED) is 0.161. The van der Waals surface area contributed by atoms with Gasteiger partial charge in [0.2, 0.25) is 5.90 Å². The summed E-state index contributed by atoms with van der Waals surface area (Å²) in [5.74, 6) is 1.21. The molecule has 240 valence electrons. The van der Waals surface area contributed by atoms with Crippen LogP contribution in [0.4, 0.5) is 0 Å². The molecule has 0 aliphatic carbocycles. The second-order valence-corrected chi connectivity index (χ2v) is 12.6. The molecule has 2 heterocycles. The van der Waals surface area contributed by atoms with Crippen molar-refractivity contribution in [3.63, 3.8) is 0 Å². The summed E-state index contributed by atoms with van der Waals surface area (Å²) in [5, 5.41) is 3.78. The number of nitrogens with zero attached hydrogens (tertiary/aromatic N) is 1. The summed E-state index contributed by atoms with van der Waals surface area (Å²) in [5.41, 5.74) is 6.04. The summed E-state index contributed by atoms with van der Waals surface area (Å²) in [6, 6.07) is 63.9. The Hall–Kier alpha value is -5.87. The van der Waals surface area contributed by atoms with Gasteiger partial charge >= 0.3 is 0 Å². The van der Waals surface area contributed by atoms with E-state index in [1.165, 1.54) is 33.4 Å². The number of hydrogen-bond acceptors (Lipinski definition) is 4. The molecule has 0 saturated carbocycles. The van der Waals surface area contributed by atoms with E-state index in [1.807, 2.05) is 6.08 Å². The van der Waals surface area contributed by atoms with E-state index >= 15 is 0 Å². The van der Waals surface area contributed by atoms with Crippen molar-refractivity contribution in [2.75, 3.05) is 13.2 Å². The highest BCUT2D eigenvalue weighted by atomic mass is 16.5. The van der Waals surface area contributed by atoms with Crippen molar-refractivity contribution in [2.45, 2.75) is 22.9 Å². The Morgan fingerprint density at radius 2 is 0.796 bits per heavy atom. The smallest absolute Gasteiger partial charge is 0.214 e. The van der Waals surface area contributed by atoms with Crippen LogP contribution >= 0.6 is 0 Å². The molecule has 0 radical (unpaired) electrons. The lowest BCUT2D eigenvalue weighted by Crippen LogP contribution is -2.48. The highest BCUT2D eigenvalue weighted by Crippen LogP contribution is 2.46. The Balaban J connectivity index is 1.20. The SMILES string of the molecule is C(/C1=N[C@@H](C(c2ccccc2)(c2ccccc2)c2ccccc2)CO1)=C1/N[C@@H](C(c2ccccc2)(c2ccccc2)c2ccccc2)CO1. The van der Waals surface area contributed by atoms with Crippen molar-refractivity contribution in [2.24, 2.45) is 4.99 Å². The van der Waals surface area contributed by atoms with Crippen molar-refractivity contribution in [3.8, 4) is 0 Å². The number of hydrogen-bond donors (Lipinski definition) is 1. The normalized spacial score (nSPS) is 18.3. The van der Waals surface area contributed by atoms with Crippen LogP contribution in [0.25, 0.3) is 0 Å². The fraction of sp³-hybridized carbons (Fsp3) is 0.133. The molecule has 1 saturated heterocycles. The number of rotatable bonds is 9. The number of ether oxygens (including phenoxy) is 2. The zero-order valence-corrected chi connectivity index (χ0v) is 27.2. The predicted molar refractivity (Wildman–Crippen MR) is 197 cm³/mol. The minimum Gasteiger partial charge on any atom is -0.477 e. The van der Waals surface area contributed by atoms with Crippen molar-refractivity contribution in [1.29, 1.82) is 0 Å². The fourth-order valence-corrected chi connectivity index (χ4v) is 7.94. The summed E-state index contributed by atoms with van der Waals surface area (Å²) >= 11 is 0. The van der Waals surface area contributed by atoms with E-state index in [4.69, 9.17) is 14.5 Å². The molecule has 0 spiro atoms. The van der Waals surface area contributed by atoms with Gasteiger partial charge in [0, 0.05) is 0 Å². The van der Waals surface area contributed by atoms with E-state index in [0.29, 0.717) is 25.0 Å². The zero-order valence-electron chi connectivity index (χ0n) is 27.2. The van der Waals surface area contributed by atoms with Gasteiger partial charge in [-0.15, -0.1) is 0 Å². The first-order valence-corrected chi connectivity index (χ1v) is 16.9. The largest absolute Gasteiger partial charge is 0.477 e. The molecule has 0 aromatic heterocycles. The van der Waals surface area contributed by atoms with Crippen LogP contribution in [0.1, 0.15) is 33.4 Å². The van der Waals surface area contributed by atoms with Crippen molar-refractivity contribution < 1.29 is 9.47 Å². The standard InChI is InChI=1S/C45H38N2O2/c1-7-19-34(20-8-1)44(35-21-9-2-10-22-35,36-23-11-3-12-24-36)40-32-48-42(46-40)31-43-47-41(33-49-43)45(37-25-13-4-14-26-37,38-27-15-5-16-28-38)39-29-17-6-18-30-39/h1-31,40-41,46H,32-33H2/b42-31+/t40-,41-/m1/s1. The summed E-state index contributed by atoms with van der Waals surface area (Å²) in [4.78, 5) is 5.31. The third kappa shape index (κ3) is 5.40. The molecule has 0 unspecified atom stereocenters. The van der Waals surface area contributed by atoms with Crippen LogP contribution < -0.4 is 5.32 Å². The van der Waals surface area contributed by atoms with E-state index in [-0.39, 0.29) is 12.1 Å². The second kappa shape index (κ2) is 13.3. The summed E-state index contributed by atoms with van der Waals surface area (Å²) in [6.07, 6.45) is 1.93. The van der Waals surface area contributed by atoms with Gasteiger partial charge in [-0.05, 0) is 33.4 Å². The maximum atomic E-state index is 6.46. The minimum absolute atomic E-state index is 0.0965. The van der Waals surface area contributed by atoms with Crippen LogP contribution in [0, 0.1) is 0 Å². The Morgan fingerprint density at radius 3 is 1.16 bits per heavy atom. The van der Waals surface area contributed by atoms with Gasteiger partial charge in [0.1, 0.15) is 19.3 Å². The van der Waals surface area contributed by atoms with Crippen LogP contribution in [-0.4, -0.2) is 31.2 Å². The molecule has 1 N–H and O–H groups in total. The van der Waals surface area contributed by atoms with Crippen molar-refractivity contribution >= 4 is 5.90 Å². The molecule has 0 bridgehead atoms. The van der Waals surface area contributed by atoms with E-state index in [1.54, 1.807) is 0 Å². The van der Waals surface area contributed by atoms with Gasteiger partial charge in [0.05, 0.1) is 22.9 Å². The van der Waals surface area contributed by atoms with E-state index in [0.717, 1.165) is 0 Å². The lowest BCUT2D eigenvalue weighted by atomic mass is 9.65. The van der Waals surface area contributed by atoms with Gasteiger partial charge in [-0.2, -0.15) is 0 Å². The number of aliphatic imine (C=N–C) groups is 1. The highest BCUT2D eigenvalue weighted by molar-refractivity contribution is 5.89. The molecule has 4 heteroatoms. The Morgan fingerprint density at radius 1 is 0.449 bits per heavy atom. The number of benzene rings is 6. The lowest BCUT2D eigenvalue weighted by Gasteiger charge is -2.40. The van der Waals surface area contributed by atoms with Gasteiger partial charge < -0.3 is 14.8 Å². The monoisotopic (exact) mass is 638 g/mol. The first kappa shape index (κ1) is 30.5. The van der Waals surface area contributed by atoms with Crippen molar-refractivity contribution in [3.05, 3.63) is 227 Å². The first-order valence-electron chi connectivity index (χ1n) is 16.9. The minimum atomic E-state index is -0.556. The molecule has 2 aliphatic heterocycles. The molecular formula is C45H38N2O2. The average Bonchev–Trinajstić information content (AvgIpc) is 3.86. The van der Waals surface area contributed by atoms with Gasteiger partial charge in [-0.25, -0.2) is 4.99 Å². The highest BCUT2D eigenvalue weighted by Gasteiger charge is 2.48. The van der Waals surface area contributed by atoms with Crippen LogP contribution in [0.15, 0.2) is 199 Å². The maximum absolute atomic E-state index is 6.46. The first-order chi connectivity index (χ1) is 24.3.